The molecule has 9 nitrogen and oxygen atoms in total. The second-order valence-electron chi connectivity index (χ2n) is 9.42. The van der Waals surface area contributed by atoms with E-state index in [-0.39, 0.29) is 35.7 Å². The van der Waals surface area contributed by atoms with E-state index in [1.54, 1.807) is 11.1 Å². The SMILES string of the molecule is CC(Nc1nc(C(=O)N2CCN(C(=O)OCC(C)(C)C)C2)c2sccc2n1)c1cncc(F)c1. The standard InChI is InChI=1S/C23H27FN6O3S/c1-14(15-9-16(24)11-25-10-15)26-21-27-17-5-8-34-19(17)18(28-21)20(31)29-6-7-30(13-29)22(32)33-12-23(2,3)4/h5,8-11,14H,6-7,12-13H2,1-4H3,(H,26,27,28). The van der Waals surface area contributed by atoms with Gasteiger partial charge < -0.3 is 15.0 Å². The highest BCUT2D eigenvalue weighted by Crippen LogP contribution is 2.27. The van der Waals surface area contributed by atoms with Crippen molar-refractivity contribution < 1.29 is 18.7 Å². The number of nitrogens with zero attached hydrogens (tertiary/aromatic N) is 5. The molecule has 1 aliphatic heterocycles. The highest BCUT2D eigenvalue weighted by Gasteiger charge is 2.32. The average Bonchev–Trinajstić information content (AvgIpc) is 3.46. The monoisotopic (exact) mass is 486 g/mol. The molecule has 0 spiro atoms. The second-order valence-corrected chi connectivity index (χ2v) is 10.3. The van der Waals surface area contributed by atoms with Crippen LogP contribution in [0.15, 0.2) is 29.9 Å². The summed E-state index contributed by atoms with van der Waals surface area (Å²) in [6.45, 7) is 8.99. The average molecular weight is 487 g/mol. The number of pyridine rings is 1. The van der Waals surface area contributed by atoms with Gasteiger partial charge in [-0.05, 0) is 35.4 Å². The van der Waals surface area contributed by atoms with Crippen LogP contribution >= 0.6 is 11.3 Å². The van der Waals surface area contributed by atoms with E-state index in [1.807, 2.05) is 39.1 Å². The molecule has 3 aromatic rings. The smallest absolute Gasteiger partial charge is 0.411 e. The van der Waals surface area contributed by atoms with E-state index < -0.39 is 11.9 Å². The predicted molar refractivity (Wildman–Crippen MR) is 127 cm³/mol. The van der Waals surface area contributed by atoms with Gasteiger partial charge in [0.15, 0.2) is 5.69 Å². The van der Waals surface area contributed by atoms with Crippen molar-refractivity contribution in [2.75, 3.05) is 31.7 Å². The number of carbonyl (C=O) groups is 2. The summed E-state index contributed by atoms with van der Waals surface area (Å²) in [4.78, 5) is 41.7. The van der Waals surface area contributed by atoms with E-state index in [9.17, 15) is 14.0 Å². The Kier molecular flexibility index (Phi) is 6.65. The Bertz CT molecular complexity index is 1210. The molecule has 2 amide bonds. The molecule has 3 aromatic heterocycles. The molecule has 1 atom stereocenters. The van der Waals surface area contributed by atoms with Crippen LogP contribution in [0, 0.1) is 11.2 Å². The zero-order valence-electron chi connectivity index (χ0n) is 19.5. The Morgan fingerprint density at radius 3 is 2.74 bits per heavy atom. The molecular weight excluding hydrogens is 459 g/mol. The fourth-order valence-corrected chi connectivity index (χ4v) is 4.25. The minimum atomic E-state index is -0.436. The van der Waals surface area contributed by atoms with Crippen LogP contribution in [0.5, 0.6) is 0 Å². The number of hydrogen-bond acceptors (Lipinski definition) is 8. The summed E-state index contributed by atoms with van der Waals surface area (Å²) in [6.07, 6.45) is 2.26. The number of halogens is 1. The van der Waals surface area contributed by atoms with Crippen molar-refractivity contribution in [3.8, 4) is 0 Å². The van der Waals surface area contributed by atoms with Gasteiger partial charge in [-0.25, -0.2) is 19.2 Å². The number of thiophene rings is 1. The van der Waals surface area contributed by atoms with Gasteiger partial charge >= 0.3 is 6.09 Å². The van der Waals surface area contributed by atoms with Gasteiger partial charge in [0.1, 0.15) is 5.82 Å². The molecule has 4 heterocycles. The Balaban J connectivity index is 1.51. The van der Waals surface area contributed by atoms with Crippen molar-refractivity contribution in [1.82, 2.24) is 24.8 Å². The van der Waals surface area contributed by atoms with E-state index in [4.69, 9.17) is 4.74 Å². The number of carbonyl (C=O) groups excluding carboxylic acids is 2. The minimum absolute atomic E-state index is 0.132. The molecule has 0 radical (unpaired) electrons. The topological polar surface area (TPSA) is 101 Å². The first-order valence-corrected chi connectivity index (χ1v) is 11.8. The molecule has 1 saturated heterocycles. The zero-order valence-corrected chi connectivity index (χ0v) is 20.4. The minimum Gasteiger partial charge on any atom is -0.449 e. The zero-order chi connectivity index (χ0) is 24.5. The van der Waals surface area contributed by atoms with E-state index in [0.29, 0.717) is 35.5 Å². The van der Waals surface area contributed by atoms with Crippen LogP contribution in [0.3, 0.4) is 0 Å². The first kappa shape index (κ1) is 23.8. The molecule has 0 bridgehead atoms. The lowest BCUT2D eigenvalue weighted by atomic mass is 9.99. The first-order chi connectivity index (χ1) is 16.1. The van der Waals surface area contributed by atoms with Crippen molar-refractivity contribution >= 4 is 39.5 Å². The number of fused-ring (bicyclic) bond motifs is 1. The third kappa shape index (κ3) is 5.41. The molecule has 0 saturated carbocycles. The molecule has 1 N–H and O–H groups in total. The van der Waals surface area contributed by atoms with Crippen LogP contribution in [0.1, 0.15) is 49.8 Å². The number of nitrogens with one attached hydrogen (secondary N) is 1. The first-order valence-electron chi connectivity index (χ1n) is 10.9. The second kappa shape index (κ2) is 9.49. The molecule has 34 heavy (non-hydrogen) atoms. The van der Waals surface area contributed by atoms with Gasteiger partial charge in [0.05, 0.1) is 35.7 Å². The van der Waals surface area contributed by atoms with Gasteiger partial charge in [-0.15, -0.1) is 11.3 Å². The summed E-state index contributed by atoms with van der Waals surface area (Å²) in [5, 5.41) is 4.98. The highest BCUT2D eigenvalue weighted by molar-refractivity contribution is 7.17. The number of ether oxygens (including phenoxy) is 1. The summed E-state index contributed by atoms with van der Waals surface area (Å²) in [6, 6.07) is 2.87. The third-order valence-corrected chi connectivity index (χ3v) is 6.14. The lowest BCUT2D eigenvalue weighted by molar-refractivity contribution is 0.0663. The van der Waals surface area contributed by atoms with Gasteiger partial charge in [-0.3, -0.25) is 14.7 Å². The van der Waals surface area contributed by atoms with Crippen molar-refractivity contribution in [3.05, 3.63) is 47.0 Å². The van der Waals surface area contributed by atoms with E-state index in [0.717, 1.165) is 6.20 Å². The quantitative estimate of drug-likeness (QED) is 0.574. The maximum absolute atomic E-state index is 13.6. The Hall–Kier alpha value is -3.34. The number of aromatic nitrogens is 3. The number of anilines is 1. The highest BCUT2D eigenvalue weighted by atomic mass is 32.1. The van der Waals surface area contributed by atoms with Gasteiger partial charge in [-0.1, -0.05) is 20.8 Å². The molecule has 11 heteroatoms. The van der Waals surface area contributed by atoms with Crippen LogP contribution < -0.4 is 5.32 Å². The predicted octanol–water partition coefficient (Wildman–Crippen LogP) is 4.30. The lowest BCUT2D eigenvalue weighted by Crippen LogP contribution is -2.35. The molecule has 1 unspecified atom stereocenters. The van der Waals surface area contributed by atoms with Crippen LogP contribution in [0.25, 0.3) is 10.2 Å². The van der Waals surface area contributed by atoms with Crippen LogP contribution in [-0.2, 0) is 4.74 Å². The Morgan fingerprint density at radius 1 is 1.24 bits per heavy atom. The van der Waals surface area contributed by atoms with Gasteiger partial charge in [0, 0.05) is 19.3 Å². The molecule has 0 aliphatic carbocycles. The molecule has 180 valence electrons. The van der Waals surface area contributed by atoms with Crippen molar-refractivity contribution in [3.63, 3.8) is 0 Å². The number of rotatable bonds is 5. The molecular formula is C23H27FN6O3S. The number of hydrogen-bond donors (Lipinski definition) is 1. The molecule has 1 aliphatic rings. The summed E-state index contributed by atoms with van der Waals surface area (Å²) in [5.41, 5.74) is 1.39. The van der Waals surface area contributed by atoms with Crippen molar-refractivity contribution in [1.29, 1.82) is 0 Å². The lowest BCUT2D eigenvalue weighted by Gasteiger charge is -2.22. The van der Waals surface area contributed by atoms with Crippen LogP contribution in [-0.4, -0.2) is 63.1 Å². The summed E-state index contributed by atoms with van der Waals surface area (Å²) >= 11 is 1.38. The van der Waals surface area contributed by atoms with E-state index >= 15 is 0 Å². The van der Waals surface area contributed by atoms with Crippen LogP contribution in [0.2, 0.25) is 0 Å². The summed E-state index contributed by atoms with van der Waals surface area (Å²) in [5.74, 6) is -0.466. The van der Waals surface area contributed by atoms with E-state index in [2.05, 4.69) is 20.3 Å². The third-order valence-electron chi connectivity index (χ3n) is 5.23. The van der Waals surface area contributed by atoms with Gasteiger partial charge in [-0.2, -0.15) is 0 Å². The Morgan fingerprint density at radius 2 is 2.00 bits per heavy atom. The largest absolute Gasteiger partial charge is 0.449 e. The maximum atomic E-state index is 13.6. The molecule has 1 fully saturated rings. The normalized spacial score (nSPS) is 15.0. The molecule has 0 aromatic carbocycles. The van der Waals surface area contributed by atoms with Gasteiger partial charge in [0.2, 0.25) is 5.95 Å². The van der Waals surface area contributed by atoms with Crippen LogP contribution in [0.4, 0.5) is 15.1 Å². The fourth-order valence-electron chi connectivity index (χ4n) is 3.44. The van der Waals surface area contributed by atoms with Crippen molar-refractivity contribution in [2.24, 2.45) is 5.41 Å². The van der Waals surface area contributed by atoms with Gasteiger partial charge in [0.25, 0.3) is 5.91 Å². The summed E-state index contributed by atoms with van der Waals surface area (Å²) in [7, 11) is 0. The number of amides is 2. The summed E-state index contributed by atoms with van der Waals surface area (Å²) < 4.78 is 19.6. The molecule has 4 rings (SSSR count). The fraction of sp³-hybridized carbons (Fsp3) is 0.435. The maximum Gasteiger partial charge on any atom is 0.411 e. The van der Waals surface area contributed by atoms with Crippen molar-refractivity contribution in [2.45, 2.75) is 33.7 Å². The van der Waals surface area contributed by atoms with E-state index in [1.165, 1.54) is 22.3 Å². The Labute approximate surface area is 201 Å².